The Morgan fingerprint density at radius 1 is 0.931 bits per heavy atom. The Bertz CT molecular complexity index is 1190. The van der Waals surface area contributed by atoms with Crippen LogP contribution in [0, 0.1) is 0 Å². The van der Waals surface area contributed by atoms with Crippen molar-refractivity contribution in [3.63, 3.8) is 0 Å². The Labute approximate surface area is 165 Å². The number of rotatable bonds is 6. The minimum atomic E-state index is -0.483. The van der Waals surface area contributed by atoms with E-state index >= 15 is 0 Å². The minimum absolute atomic E-state index is 0.0123. The summed E-state index contributed by atoms with van der Waals surface area (Å²) in [6, 6.07) is 15.0. The molecule has 4 aromatic rings. The van der Waals surface area contributed by atoms with Gasteiger partial charge in [0.2, 0.25) is 5.78 Å². The zero-order valence-electron chi connectivity index (χ0n) is 15.7. The molecule has 0 bridgehead atoms. The maximum atomic E-state index is 13.2. The van der Waals surface area contributed by atoms with Gasteiger partial charge >= 0.3 is 0 Å². The number of amides is 1. The molecule has 0 unspecified atom stereocenters. The third-order valence-electron chi connectivity index (χ3n) is 4.43. The van der Waals surface area contributed by atoms with Crippen molar-refractivity contribution in [1.82, 2.24) is 0 Å². The van der Waals surface area contributed by atoms with Gasteiger partial charge in [-0.1, -0.05) is 12.1 Å². The second-order valence-corrected chi connectivity index (χ2v) is 6.13. The Morgan fingerprint density at radius 2 is 1.72 bits per heavy atom. The number of anilines is 1. The molecule has 0 fully saturated rings. The summed E-state index contributed by atoms with van der Waals surface area (Å²) in [4.78, 5) is 25.7. The van der Waals surface area contributed by atoms with Gasteiger partial charge in [-0.3, -0.25) is 9.59 Å². The normalized spacial score (nSPS) is 10.7. The third-order valence-corrected chi connectivity index (χ3v) is 4.43. The monoisotopic (exact) mass is 391 g/mol. The number of carbonyl (C=O) groups excluding carboxylic acids is 2. The van der Waals surface area contributed by atoms with Crippen molar-refractivity contribution < 1.29 is 27.9 Å². The molecule has 0 saturated heterocycles. The van der Waals surface area contributed by atoms with E-state index in [0.717, 1.165) is 0 Å². The van der Waals surface area contributed by atoms with Crippen LogP contribution in [0.1, 0.15) is 26.7 Å². The summed E-state index contributed by atoms with van der Waals surface area (Å²) in [6.45, 7) is 0. The van der Waals surface area contributed by atoms with Crippen molar-refractivity contribution in [2.75, 3.05) is 19.5 Å². The lowest BCUT2D eigenvalue weighted by atomic mass is 10.1. The first-order valence-corrected chi connectivity index (χ1v) is 8.75. The van der Waals surface area contributed by atoms with E-state index in [1.165, 1.54) is 26.5 Å². The van der Waals surface area contributed by atoms with Crippen LogP contribution in [0.3, 0.4) is 0 Å². The number of methoxy groups -OCH3 is 2. The third kappa shape index (κ3) is 3.34. The number of hydrogen-bond acceptors (Lipinski definition) is 6. The summed E-state index contributed by atoms with van der Waals surface area (Å²) in [7, 11) is 3.00. The number of ketones is 1. The van der Waals surface area contributed by atoms with Gasteiger partial charge in [-0.25, -0.2) is 0 Å². The molecule has 0 spiro atoms. The average molecular weight is 391 g/mol. The molecular formula is C22H17NO6. The van der Waals surface area contributed by atoms with Gasteiger partial charge in [0.15, 0.2) is 23.0 Å². The van der Waals surface area contributed by atoms with Gasteiger partial charge in [0.05, 0.1) is 26.2 Å². The number of hydrogen-bond donors (Lipinski definition) is 1. The topological polar surface area (TPSA) is 90.9 Å². The summed E-state index contributed by atoms with van der Waals surface area (Å²) < 4.78 is 21.4. The number of benzene rings is 2. The molecule has 29 heavy (non-hydrogen) atoms. The van der Waals surface area contributed by atoms with E-state index in [4.69, 9.17) is 18.3 Å². The smallest absolute Gasteiger partial charge is 0.291 e. The molecule has 0 saturated carbocycles. The highest BCUT2D eigenvalue weighted by molar-refractivity contribution is 6.18. The zero-order valence-corrected chi connectivity index (χ0v) is 15.7. The molecule has 0 aliphatic carbocycles. The van der Waals surface area contributed by atoms with Crippen LogP contribution in [0.15, 0.2) is 69.7 Å². The lowest BCUT2D eigenvalue weighted by Gasteiger charge is -2.09. The predicted octanol–water partition coefficient (Wildman–Crippen LogP) is 4.53. The van der Waals surface area contributed by atoms with Crippen molar-refractivity contribution in [3.05, 3.63) is 77.9 Å². The van der Waals surface area contributed by atoms with Gasteiger partial charge < -0.3 is 23.6 Å². The van der Waals surface area contributed by atoms with Crippen LogP contribution in [0.25, 0.3) is 11.0 Å². The molecule has 2 heterocycles. The second kappa shape index (κ2) is 7.55. The van der Waals surface area contributed by atoms with Gasteiger partial charge in [-0.05, 0) is 42.5 Å². The van der Waals surface area contributed by atoms with Gasteiger partial charge in [-0.2, -0.15) is 0 Å². The maximum absolute atomic E-state index is 13.2. The standard InChI is InChI=1S/C22H17NO6/c1-26-16-10-9-13(12-18(16)27-2)20(24)21-19(14-6-3-4-7-15(14)29-21)23-22(25)17-8-5-11-28-17/h3-12H,1-2H3,(H,23,25). The van der Waals surface area contributed by atoms with Crippen LogP contribution in [-0.4, -0.2) is 25.9 Å². The van der Waals surface area contributed by atoms with Gasteiger partial charge in [0.1, 0.15) is 5.58 Å². The highest BCUT2D eigenvalue weighted by atomic mass is 16.5. The fraction of sp³-hybridized carbons (Fsp3) is 0.0909. The summed E-state index contributed by atoms with van der Waals surface area (Å²) in [5.41, 5.74) is 1.09. The van der Waals surface area contributed by atoms with Crippen LogP contribution >= 0.6 is 0 Å². The largest absolute Gasteiger partial charge is 0.493 e. The molecule has 2 aromatic heterocycles. The van der Waals surface area contributed by atoms with Crippen molar-refractivity contribution in [2.45, 2.75) is 0 Å². The molecule has 0 atom stereocenters. The Balaban J connectivity index is 1.79. The molecule has 0 aliphatic rings. The Hall–Kier alpha value is -4.00. The van der Waals surface area contributed by atoms with Crippen molar-refractivity contribution >= 4 is 28.3 Å². The summed E-state index contributed by atoms with van der Waals surface area (Å²) in [5, 5.41) is 3.34. The van der Waals surface area contributed by atoms with E-state index in [0.29, 0.717) is 28.0 Å². The zero-order chi connectivity index (χ0) is 20.4. The highest BCUT2D eigenvalue weighted by Gasteiger charge is 2.25. The number of nitrogens with one attached hydrogen (secondary N) is 1. The second-order valence-electron chi connectivity index (χ2n) is 6.13. The first kappa shape index (κ1) is 18.4. The lowest BCUT2D eigenvalue weighted by Crippen LogP contribution is -2.13. The number of furan rings is 2. The molecule has 1 amide bonds. The van der Waals surface area contributed by atoms with Gasteiger partial charge in [0.25, 0.3) is 5.91 Å². The summed E-state index contributed by atoms with van der Waals surface area (Å²) in [5.74, 6) is 0.161. The molecule has 0 radical (unpaired) electrons. The van der Waals surface area contributed by atoms with E-state index in [2.05, 4.69) is 5.32 Å². The summed E-state index contributed by atoms with van der Waals surface area (Å²) >= 11 is 0. The van der Waals surface area contributed by atoms with E-state index in [9.17, 15) is 9.59 Å². The molecule has 2 aromatic carbocycles. The molecule has 146 valence electrons. The molecule has 7 heteroatoms. The van der Waals surface area contributed by atoms with E-state index < -0.39 is 11.7 Å². The van der Waals surface area contributed by atoms with Crippen LogP contribution in [0.2, 0.25) is 0 Å². The van der Waals surface area contributed by atoms with Crippen molar-refractivity contribution in [1.29, 1.82) is 0 Å². The fourth-order valence-electron chi connectivity index (χ4n) is 3.02. The highest BCUT2D eigenvalue weighted by Crippen LogP contribution is 2.34. The first-order chi connectivity index (χ1) is 14.1. The van der Waals surface area contributed by atoms with Crippen molar-refractivity contribution in [3.8, 4) is 11.5 Å². The van der Waals surface area contributed by atoms with Gasteiger partial charge in [-0.15, -0.1) is 0 Å². The summed E-state index contributed by atoms with van der Waals surface area (Å²) in [6.07, 6.45) is 1.40. The first-order valence-electron chi connectivity index (χ1n) is 8.75. The maximum Gasteiger partial charge on any atom is 0.291 e. The van der Waals surface area contributed by atoms with E-state index in [1.54, 1.807) is 48.5 Å². The molecule has 0 aliphatic heterocycles. The average Bonchev–Trinajstić information content (AvgIpc) is 3.41. The Morgan fingerprint density at radius 3 is 2.45 bits per heavy atom. The quantitative estimate of drug-likeness (QED) is 0.486. The number of para-hydroxylation sites is 1. The van der Waals surface area contributed by atoms with Crippen LogP contribution in [-0.2, 0) is 0 Å². The van der Waals surface area contributed by atoms with Crippen LogP contribution in [0.5, 0.6) is 11.5 Å². The molecular weight excluding hydrogens is 374 g/mol. The number of carbonyl (C=O) groups is 2. The minimum Gasteiger partial charge on any atom is -0.493 e. The predicted molar refractivity (Wildman–Crippen MR) is 106 cm³/mol. The fourth-order valence-corrected chi connectivity index (χ4v) is 3.02. The van der Waals surface area contributed by atoms with Crippen LogP contribution in [0.4, 0.5) is 5.69 Å². The molecule has 7 nitrogen and oxygen atoms in total. The molecule has 4 rings (SSSR count). The van der Waals surface area contributed by atoms with Gasteiger partial charge in [0, 0.05) is 10.9 Å². The number of fused-ring (bicyclic) bond motifs is 1. The Kier molecular flexibility index (Phi) is 4.78. The SMILES string of the molecule is COc1ccc(C(=O)c2oc3ccccc3c2NC(=O)c2ccco2)cc1OC. The van der Waals surface area contributed by atoms with E-state index in [-0.39, 0.29) is 17.2 Å². The van der Waals surface area contributed by atoms with Crippen LogP contribution < -0.4 is 14.8 Å². The van der Waals surface area contributed by atoms with Crippen molar-refractivity contribution in [2.24, 2.45) is 0 Å². The van der Waals surface area contributed by atoms with E-state index in [1.807, 2.05) is 0 Å². The lowest BCUT2D eigenvalue weighted by molar-refractivity contribution is 0.0996. The molecule has 1 N–H and O–H groups in total. The number of ether oxygens (including phenoxy) is 2.